The van der Waals surface area contributed by atoms with Crippen molar-refractivity contribution in [2.45, 2.75) is 13.0 Å². The maximum absolute atomic E-state index is 12.4. The third-order valence-corrected chi connectivity index (χ3v) is 5.97. The molecule has 1 aliphatic heterocycles. The molecule has 1 aromatic heterocycles. The van der Waals surface area contributed by atoms with Crippen molar-refractivity contribution in [3.05, 3.63) is 81.6 Å². The molecule has 0 bridgehead atoms. The zero-order valence-electron chi connectivity index (χ0n) is 18.8. The molecular weight excluding hydrogens is 456 g/mol. The third-order valence-electron chi connectivity index (χ3n) is 5.73. The van der Waals surface area contributed by atoms with Crippen LogP contribution in [0.1, 0.15) is 12.0 Å². The van der Waals surface area contributed by atoms with Gasteiger partial charge in [0.2, 0.25) is 0 Å². The van der Waals surface area contributed by atoms with Crippen molar-refractivity contribution in [1.29, 1.82) is 0 Å². The average Bonchev–Trinajstić information content (AvgIpc) is 2.84. The predicted molar refractivity (Wildman–Crippen MR) is 132 cm³/mol. The van der Waals surface area contributed by atoms with Crippen LogP contribution in [0.2, 0.25) is 5.02 Å². The van der Waals surface area contributed by atoms with E-state index in [1.807, 2.05) is 18.2 Å². The third kappa shape index (κ3) is 6.22. The number of ether oxygens (including phenoxy) is 1. The minimum absolute atomic E-state index is 0.225. The van der Waals surface area contributed by atoms with Gasteiger partial charge in [0.25, 0.3) is 5.56 Å². The summed E-state index contributed by atoms with van der Waals surface area (Å²) < 4.78 is 6.74. The minimum Gasteiger partial charge on any atom is -0.465 e. The molecule has 3 aromatic rings. The van der Waals surface area contributed by atoms with Crippen LogP contribution in [0, 0.1) is 0 Å². The van der Waals surface area contributed by atoms with Gasteiger partial charge >= 0.3 is 6.09 Å². The van der Waals surface area contributed by atoms with Crippen LogP contribution >= 0.6 is 11.6 Å². The Hall–Kier alpha value is -3.20. The first-order valence-corrected chi connectivity index (χ1v) is 11.6. The quantitative estimate of drug-likeness (QED) is 0.525. The lowest BCUT2D eigenvalue weighted by Crippen LogP contribution is -2.39. The van der Waals surface area contributed by atoms with Crippen molar-refractivity contribution < 1.29 is 14.6 Å². The highest BCUT2D eigenvalue weighted by Gasteiger charge is 2.16. The SMILES string of the molecule is O=C(O)N(CCCN1CCOCC1)c1cccc(Cn2nc(-c3cccc(Cl)c3)ccc2=O)c1. The first-order chi connectivity index (χ1) is 16.5. The van der Waals surface area contributed by atoms with E-state index in [0.29, 0.717) is 22.9 Å². The predicted octanol–water partition coefficient (Wildman–Crippen LogP) is 3.82. The maximum atomic E-state index is 12.4. The number of hydrogen-bond acceptors (Lipinski definition) is 5. The zero-order chi connectivity index (χ0) is 23.9. The number of amides is 1. The van der Waals surface area contributed by atoms with Crippen LogP contribution in [0.5, 0.6) is 0 Å². The van der Waals surface area contributed by atoms with Gasteiger partial charge in [0.1, 0.15) is 0 Å². The largest absolute Gasteiger partial charge is 0.465 e. The van der Waals surface area contributed by atoms with Gasteiger partial charge in [-0.25, -0.2) is 9.48 Å². The number of aromatic nitrogens is 2. The first-order valence-electron chi connectivity index (χ1n) is 11.2. The van der Waals surface area contributed by atoms with Crippen LogP contribution in [-0.4, -0.2) is 65.3 Å². The van der Waals surface area contributed by atoms with Crippen LogP contribution in [0.4, 0.5) is 10.5 Å². The highest BCUT2D eigenvalue weighted by Crippen LogP contribution is 2.21. The second-order valence-corrected chi connectivity index (χ2v) is 8.57. The number of morpholine rings is 1. The smallest absolute Gasteiger partial charge is 0.411 e. The van der Waals surface area contributed by atoms with Crippen molar-refractivity contribution in [1.82, 2.24) is 14.7 Å². The molecule has 1 saturated heterocycles. The fourth-order valence-electron chi connectivity index (χ4n) is 3.97. The normalized spacial score (nSPS) is 14.1. The Labute approximate surface area is 202 Å². The van der Waals surface area contributed by atoms with Crippen molar-refractivity contribution in [2.75, 3.05) is 44.3 Å². The summed E-state index contributed by atoms with van der Waals surface area (Å²) in [6, 6.07) is 17.6. The lowest BCUT2D eigenvalue weighted by atomic mass is 10.1. The van der Waals surface area contributed by atoms with Crippen LogP contribution < -0.4 is 10.5 Å². The fraction of sp³-hybridized carbons (Fsp3) is 0.320. The van der Waals surface area contributed by atoms with Crippen LogP contribution in [0.3, 0.4) is 0 Å². The van der Waals surface area contributed by atoms with E-state index in [2.05, 4.69) is 10.00 Å². The molecule has 0 aliphatic carbocycles. The van der Waals surface area contributed by atoms with E-state index in [9.17, 15) is 14.7 Å². The summed E-state index contributed by atoms with van der Waals surface area (Å²) >= 11 is 6.09. The van der Waals surface area contributed by atoms with E-state index in [0.717, 1.165) is 50.4 Å². The van der Waals surface area contributed by atoms with Gasteiger partial charge in [-0.1, -0.05) is 35.9 Å². The molecule has 2 aromatic carbocycles. The maximum Gasteiger partial charge on any atom is 0.411 e. The Kier molecular flexibility index (Phi) is 7.95. The van der Waals surface area contributed by atoms with E-state index in [4.69, 9.17) is 16.3 Å². The standard InChI is InChI=1S/C25H27ClN4O4/c26-21-6-2-5-20(17-21)23-8-9-24(31)30(27-23)18-19-4-1-7-22(16-19)29(25(32)33)11-3-10-28-12-14-34-15-13-28/h1-2,4-9,16-17H,3,10-15,18H2,(H,32,33). The Morgan fingerprint density at radius 1 is 1.09 bits per heavy atom. The summed E-state index contributed by atoms with van der Waals surface area (Å²) in [5.41, 5.74) is 2.57. The summed E-state index contributed by atoms with van der Waals surface area (Å²) in [6.45, 7) is 4.62. The fourth-order valence-corrected chi connectivity index (χ4v) is 4.16. The molecule has 178 valence electrons. The molecule has 9 heteroatoms. The topological polar surface area (TPSA) is 87.9 Å². The second-order valence-electron chi connectivity index (χ2n) is 8.14. The number of carbonyl (C=O) groups is 1. The molecule has 2 heterocycles. The molecule has 8 nitrogen and oxygen atoms in total. The average molecular weight is 483 g/mol. The van der Waals surface area contributed by atoms with Gasteiger partial charge in [-0.15, -0.1) is 0 Å². The Balaban J connectivity index is 1.48. The summed E-state index contributed by atoms with van der Waals surface area (Å²) in [5.74, 6) is 0. The van der Waals surface area contributed by atoms with Gasteiger partial charge < -0.3 is 9.84 Å². The molecule has 1 amide bonds. The Morgan fingerprint density at radius 2 is 1.88 bits per heavy atom. The first kappa shape index (κ1) is 23.9. The van der Waals surface area contributed by atoms with Gasteiger partial charge in [-0.2, -0.15) is 5.10 Å². The van der Waals surface area contributed by atoms with Crippen molar-refractivity contribution >= 4 is 23.4 Å². The summed E-state index contributed by atoms with van der Waals surface area (Å²) in [4.78, 5) is 28.0. The molecule has 0 atom stereocenters. The second kappa shape index (κ2) is 11.3. The van der Waals surface area contributed by atoms with Gasteiger partial charge in [-0.05, 0) is 42.3 Å². The van der Waals surface area contributed by atoms with Gasteiger partial charge in [-0.3, -0.25) is 14.6 Å². The molecule has 0 saturated carbocycles. The van der Waals surface area contributed by atoms with Crippen molar-refractivity contribution in [3.63, 3.8) is 0 Å². The van der Waals surface area contributed by atoms with Crippen LogP contribution in [0.15, 0.2) is 65.5 Å². The molecular formula is C25H27ClN4O4. The van der Waals surface area contributed by atoms with E-state index < -0.39 is 6.09 Å². The molecule has 0 radical (unpaired) electrons. The Morgan fingerprint density at radius 3 is 2.65 bits per heavy atom. The van der Waals surface area contributed by atoms with E-state index in [-0.39, 0.29) is 12.1 Å². The van der Waals surface area contributed by atoms with Crippen LogP contribution in [-0.2, 0) is 11.3 Å². The molecule has 1 N–H and O–H groups in total. The van der Waals surface area contributed by atoms with E-state index in [1.54, 1.807) is 36.4 Å². The lowest BCUT2D eigenvalue weighted by Gasteiger charge is -2.27. The molecule has 34 heavy (non-hydrogen) atoms. The minimum atomic E-state index is -1.00. The molecule has 1 aliphatic rings. The lowest BCUT2D eigenvalue weighted by molar-refractivity contribution is 0.0376. The molecule has 4 rings (SSSR count). The van der Waals surface area contributed by atoms with E-state index in [1.165, 1.54) is 15.6 Å². The molecule has 1 fully saturated rings. The summed E-state index contributed by atoms with van der Waals surface area (Å²) in [6.07, 6.45) is -0.281. The van der Waals surface area contributed by atoms with Crippen LogP contribution in [0.25, 0.3) is 11.3 Å². The van der Waals surface area contributed by atoms with Gasteiger partial charge in [0, 0.05) is 48.5 Å². The number of anilines is 1. The number of halogens is 1. The summed E-state index contributed by atoms with van der Waals surface area (Å²) in [5, 5.41) is 14.9. The molecule has 0 unspecified atom stereocenters. The van der Waals surface area contributed by atoms with Gasteiger partial charge in [0.05, 0.1) is 25.5 Å². The number of carboxylic acid groups (broad SMARTS) is 1. The van der Waals surface area contributed by atoms with Crippen molar-refractivity contribution in [3.8, 4) is 11.3 Å². The highest BCUT2D eigenvalue weighted by molar-refractivity contribution is 6.30. The number of benzene rings is 2. The zero-order valence-corrected chi connectivity index (χ0v) is 19.5. The molecule has 0 spiro atoms. The number of hydrogen-bond donors (Lipinski definition) is 1. The highest BCUT2D eigenvalue weighted by atomic mass is 35.5. The summed E-state index contributed by atoms with van der Waals surface area (Å²) in [7, 11) is 0. The number of nitrogens with zero attached hydrogens (tertiary/aromatic N) is 4. The monoisotopic (exact) mass is 482 g/mol. The van der Waals surface area contributed by atoms with Gasteiger partial charge in [0.15, 0.2) is 0 Å². The Bertz CT molecular complexity index is 1190. The van der Waals surface area contributed by atoms with Crippen molar-refractivity contribution in [2.24, 2.45) is 0 Å². The number of rotatable bonds is 8. The van der Waals surface area contributed by atoms with E-state index >= 15 is 0 Å².